The van der Waals surface area contributed by atoms with Crippen LogP contribution in [0.1, 0.15) is 90.5 Å². The molecule has 6 atom stereocenters. The number of aliphatic hydroxyl groups excluding tert-OH is 2. The van der Waals surface area contributed by atoms with Crippen molar-refractivity contribution in [3.8, 4) is 11.5 Å². The predicted octanol–water partition coefficient (Wildman–Crippen LogP) is 4.67. The molecule has 0 bridgehead atoms. The maximum absolute atomic E-state index is 13.3. The van der Waals surface area contributed by atoms with E-state index >= 15 is 0 Å². The Kier molecular flexibility index (Phi) is 10.7. The monoisotopic (exact) mass is 601 g/mol. The van der Waals surface area contributed by atoms with Gasteiger partial charge in [-0.3, -0.25) is 0 Å². The number of nitrogens with zero attached hydrogens (tertiary/aromatic N) is 2. The number of benzene rings is 1. The third kappa shape index (κ3) is 7.13. The van der Waals surface area contributed by atoms with Crippen LogP contribution >= 0.6 is 0 Å². The van der Waals surface area contributed by atoms with Crippen LogP contribution in [0.3, 0.4) is 0 Å². The number of nitrogens with one attached hydrogen (secondary N) is 1. The first kappa shape index (κ1) is 33.1. The van der Waals surface area contributed by atoms with Crippen LogP contribution in [0.5, 0.6) is 11.5 Å². The number of aliphatic hydroxyl groups is 3. The number of aromatic hydroxyl groups is 1. The van der Waals surface area contributed by atoms with Gasteiger partial charge in [-0.2, -0.15) is 0 Å². The quantitative estimate of drug-likeness (QED) is 0.173. The van der Waals surface area contributed by atoms with E-state index in [1.165, 1.54) is 4.90 Å². The number of fused-ring (bicyclic) bond motifs is 2. The van der Waals surface area contributed by atoms with Crippen LogP contribution in [-0.2, 0) is 4.84 Å². The molecule has 0 radical (unpaired) electrons. The molecule has 10 heteroatoms. The first-order chi connectivity index (χ1) is 20.4. The number of hydrogen-bond donors (Lipinski definition) is 5. The van der Waals surface area contributed by atoms with Crippen LogP contribution in [0.2, 0.25) is 0 Å². The van der Waals surface area contributed by atoms with E-state index in [1.54, 1.807) is 25.2 Å². The van der Waals surface area contributed by atoms with Crippen molar-refractivity contribution in [1.29, 1.82) is 0 Å². The molecule has 10 nitrogen and oxygen atoms in total. The van der Waals surface area contributed by atoms with Crippen molar-refractivity contribution in [3.05, 3.63) is 35.4 Å². The van der Waals surface area contributed by atoms with Gasteiger partial charge in [-0.25, -0.2) is 4.79 Å². The fourth-order valence-corrected chi connectivity index (χ4v) is 7.05. The lowest BCUT2D eigenvalue weighted by Gasteiger charge is -2.58. The Morgan fingerprint density at radius 2 is 1.86 bits per heavy atom. The van der Waals surface area contributed by atoms with E-state index in [9.17, 15) is 25.2 Å². The Hall–Kier alpha value is -2.82. The summed E-state index contributed by atoms with van der Waals surface area (Å²) in [6.45, 7) is 8.48. The minimum atomic E-state index is -1.77. The summed E-state index contributed by atoms with van der Waals surface area (Å²) in [6.07, 6.45) is 7.83. The number of carbonyl (C=O) groups excluding carboxylic acids is 1. The molecule has 43 heavy (non-hydrogen) atoms. The smallest absolute Gasteiger partial charge is 0.317 e. The van der Waals surface area contributed by atoms with Crippen molar-refractivity contribution >= 4 is 11.7 Å². The van der Waals surface area contributed by atoms with Gasteiger partial charge in [-0.1, -0.05) is 31.0 Å². The Balaban J connectivity index is 1.92. The lowest BCUT2D eigenvalue weighted by Crippen LogP contribution is -2.69. The molecule has 0 spiro atoms. The molecule has 1 aromatic rings. The fraction of sp³-hybridized carbons (Fsp3) is 0.697. The number of likely N-dealkylation sites (N-methyl/N-ethyl adjacent to an activating group) is 1. The normalized spacial score (nSPS) is 28.8. The fourth-order valence-electron chi connectivity index (χ4n) is 7.05. The average molecular weight is 602 g/mol. The van der Waals surface area contributed by atoms with Gasteiger partial charge in [0.05, 0.1) is 11.6 Å². The molecule has 0 unspecified atom stereocenters. The second-order valence-electron chi connectivity index (χ2n) is 13.3. The van der Waals surface area contributed by atoms with Crippen molar-refractivity contribution < 1.29 is 34.8 Å². The number of hydrogen-bond acceptors (Lipinski definition) is 8. The number of unbranched alkanes of at least 4 members (excludes halogenated alkanes) is 2. The van der Waals surface area contributed by atoms with Gasteiger partial charge in [0.2, 0.25) is 5.79 Å². The molecule has 2 amide bonds. The zero-order chi connectivity index (χ0) is 31.4. The van der Waals surface area contributed by atoms with E-state index in [0.29, 0.717) is 30.8 Å². The zero-order valence-corrected chi connectivity index (χ0v) is 26.4. The summed E-state index contributed by atoms with van der Waals surface area (Å²) in [5, 5.41) is 50.1. The summed E-state index contributed by atoms with van der Waals surface area (Å²) >= 11 is 0. The summed E-state index contributed by atoms with van der Waals surface area (Å²) in [4.78, 5) is 20.8. The number of allylic oxidation sites excluding steroid dienone is 1. The third-order valence-electron chi connectivity index (χ3n) is 9.00. The highest BCUT2D eigenvalue weighted by molar-refractivity contribution is 6.03. The molecule has 2 aliphatic carbocycles. The number of urea groups is 1. The van der Waals surface area contributed by atoms with Crippen molar-refractivity contribution in [2.75, 3.05) is 26.8 Å². The van der Waals surface area contributed by atoms with Crippen molar-refractivity contribution in [1.82, 2.24) is 10.2 Å². The molecule has 1 fully saturated rings. The Labute approximate surface area is 255 Å². The Morgan fingerprint density at radius 3 is 2.51 bits per heavy atom. The summed E-state index contributed by atoms with van der Waals surface area (Å²) in [5.41, 5.74) is 1.78. The first-order valence-corrected chi connectivity index (χ1v) is 15.9. The van der Waals surface area contributed by atoms with E-state index < -0.39 is 23.3 Å². The number of ether oxygens (including phenoxy) is 1. The zero-order valence-electron chi connectivity index (χ0n) is 26.4. The maximum Gasteiger partial charge on any atom is 0.317 e. The van der Waals surface area contributed by atoms with E-state index in [2.05, 4.69) is 16.5 Å². The van der Waals surface area contributed by atoms with Gasteiger partial charge in [0.1, 0.15) is 23.1 Å². The Morgan fingerprint density at radius 1 is 1.16 bits per heavy atom. The molecule has 0 aromatic heterocycles. The average Bonchev–Trinajstić information content (AvgIpc) is 2.96. The molecular formula is C33H51N3O7. The van der Waals surface area contributed by atoms with Crippen LogP contribution < -0.4 is 10.1 Å². The summed E-state index contributed by atoms with van der Waals surface area (Å²) in [5.74, 6) is -1.86. The third-order valence-corrected chi connectivity index (χ3v) is 9.00. The van der Waals surface area contributed by atoms with Crippen molar-refractivity contribution in [2.45, 2.75) is 102 Å². The highest BCUT2D eigenvalue weighted by Gasteiger charge is 2.63. The Bertz CT molecular complexity index is 1180. The number of carbonyl (C=O) groups is 1. The molecule has 1 saturated carbocycles. The van der Waals surface area contributed by atoms with Crippen molar-refractivity contribution in [3.63, 3.8) is 0 Å². The molecule has 1 aliphatic heterocycles. The molecule has 3 aliphatic rings. The van der Waals surface area contributed by atoms with Gasteiger partial charge in [-0.05, 0) is 88.5 Å². The second kappa shape index (κ2) is 13.9. The summed E-state index contributed by atoms with van der Waals surface area (Å²) < 4.78 is 6.52. The molecule has 0 saturated heterocycles. The molecule has 240 valence electrons. The highest BCUT2D eigenvalue weighted by Crippen LogP contribution is 2.60. The lowest BCUT2D eigenvalue weighted by molar-refractivity contribution is -0.226. The molecule has 4 rings (SSSR count). The molecule has 5 N–H and O–H groups in total. The minimum absolute atomic E-state index is 0.0535. The van der Waals surface area contributed by atoms with Gasteiger partial charge in [0, 0.05) is 44.7 Å². The largest absolute Gasteiger partial charge is 0.508 e. The maximum atomic E-state index is 13.3. The minimum Gasteiger partial charge on any atom is -0.508 e. The summed E-state index contributed by atoms with van der Waals surface area (Å²) in [6, 6.07) is 3.90. The van der Waals surface area contributed by atoms with Gasteiger partial charge in [-0.15, -0.1) is 0 Å². The van der Waals surface area contributed by atoms with Crippen molar-refractivity contribution in [2.24, 2.45) is 22.9 Å². The van der Waals surface area contributed by atoms with Gasteiger partial charge in [0.15, 0.2) is 0 Å². The highest BCUT2D eigenvalue weighted by atomic mass is 16.6. The van der Waals surface area contributed by atoms with Gasteiger partial charge < -0.3 is 40.2 Å². The number of phenols is 1. The summed E-state index contributed by atoms with van der Waals surface area (Å²) in [7, 11) is 1.68. The second-order valence-corrected chi connectivity index (χ2v) is 13.3. The van der Waals surface area contributed by atoms with Crippen LogP contribution in [0.15, 0.2) is 35.0 Å². The number of rotatable bonds is 12. The van der Waals surface area contributed by atoms with Gasteiger partial charge in [0.25, 0.3) is 0 Å². The lowest BCUT2D eigenvalue weighted by atomic mass is 9.55. The van der Waals surface area contributed by atoms with E-state index in [0.717, 1.165) is 43.2 Å². The van der Waals surface area contributed by atoms with E-state index in [1.807, 2.05) is 27.7 Å². The standard InChI is InChI=1S/C33H51N3O7/c1-6-15-34-31(40)36(5)28-20-26(35-43-32(2,3)4)24-18-21(11-7-9-16-37)23(12-8-10-17-38)29-25-19-22(39)13-14-27(25)42-33(28,41)30(24)29/h13-14,18-19,21,23,28-30,37-39,41H,6-12,15-17,20H2,1-5H3,(H,34,40)/t21-,23+,28-,29+,30+,33+/m0/s1. The number of oxime groups is 1. The molecule has 1 aromatic carbocycles. The molecule has 1 heterocycles. The number of amides is 2. The van der Waals surface area contributed by atoms with Gasteiger partial charge >= 0.3 is 6.03 Å². The van der Waals surface area contributed by atoms with Crippen LogP contribution in [0.4, 0.5) is 4.79 Å². The SMILES string of the molecule is CCCNC(=O)N(C)[C@H]1CC(=NOC(C)(C)C)C2=C[C@H](CCCCO)[C@@H](CCCCO)[C@@H]3c4cc(O)ccc4O[C@@]1(O)[C@H]23. The number of phenolic OH excluding ortho intramolecular Hbond substituents is 1. The predicted molar refractivity (Wildman–Crippen MR) is 165 cm³/mol. The van der Waals surface area contributed by atoms with E-state index in [4.69, 9.17) is 9.57 Å². The van der Waals surface area contributed by atoms with Crippen LogP contribution in [0, 0.1) is 17.8 Å². The molecular weight excluding hydrogens is 550 g/mol. The first-order valence-electron chi connectivity index (χ1n) is 15.9. The topological polar surface area (TPSA) is 144 Å². The van der Waals surface area contributed by atoms with E-state index in [-0.39, 0.29) is 49.2 Å². The van der Waals surface area contributed by atoms with Crippen LogP contribution in [0.25, 0.3) is 0 Å². The van der Waals surface area contributed by atoms with Crippen LogP contribution in [-0.4, -0.2) is 81.3 Å².